The molecule has 2 aromatic rings. The Balaban J connectivity index is 1.75. The zero-order chi connectivity index (χ0) is 20.1. The third-order valence-corrected chi connectivity index (χ3v) is 4.35. The molecule has 3 rings (SSSR count). The molecule has 0 atom stereocenters. The van der Waals surface area contributed by atoms with Crippen LogP contribution >= 0.6 is 23.8 Å². The summed E-state index contributed by atoms with van der Waals surface area (Å²) in [5.41, 5.74) is 1.50. The molecule has 0 aromatic heterocycles. The van der Waals surface area contributed by atoms with Crippen LogP contribution in [0.3, 0.4) is 0 Å². The van der Waals surface area contributed by atoms with Crippen molar-refractivity contribution in [1.29, 1.82) is 0 Å². The Morgan fingerprint density at radius 1 is 1.25 bits per heavy atom. The number of azo groups is 1. The van der Waals surface area contributed by atoms with E-state index in [1.165, 1.54) is 13.3 Å². The van der Waals surface area contributed by atoms with Crippen molar-refractivity contribution in [2.24, 2.45) is 15.3 Å². The quantitative estimate of drug-likeness (QED) is 0.400. The first-order chi connectivity index (χ1) is 13.5. The number of hydrazone groups is 1. The number of ether oxygens (including phenoxy) is 2. The standard InChI is InChI=1S/C19H15ClN4O3S/c1-12-18(25)24(19(28)23-22-12)21-10-13-7-8-16(17(9-13)26-2)27-11-14-5-3-4-6-15(14)20/h3-10H,1,11H2,2H3/b21-10+. The molecule has 7 nitrogen and oxygen atoms in total. The van der Waals surface area contributed by atoms with E-state index in [0.29, 0.717) is 28.7 Å². The lowest BCUT2D eigenvalue weighted by atomic mass is 10.2. The Hall–Kier alpha value is -3.10. The van der Waals surface area contributed by atoms with Crippen LogP contribution in [0.2, 0.25) is 5.02 Å². The van der Waals surface area contributed by atoms with E-state index < -0.39 is 5.91 Å². The molecule has 142 valence electrons. The number of amides is 1. The molecule has 0 fully saturated rings. The molecule has 0 radical (unpaired) electrons. The molecule has 1 amide bonds. The molecule has 1 aliphatic rings. The summed E-state index contributed by atoms with van der Waals surface area (Å²) >= 11 is 11.1. The average molecular weight is 415 g/mol. The van der Waals surface area contributed by atoms with E-state index in [2.05, 4.69) is 21.9 Å². The van der Waals surface area contributed by atoms with Crippen molar-refractivity contribution in [3.63, 3.8) is 0 Å². The first-order valence-corrected chi connectivity index (χ1v) is 8.85. The average Bonchev–Trinajstić information content (AvgIpc) is 2.70. The number of hydrogen-bond donors (Lipinski definition) is 0. The smallest absolute Gasteiger partial charge is 0.300 e. The number of benzene rings is 2. The summed E-state index contributed by atoms with van der Waals surface area (Å²) in [6.07, 6.45) is 1.46. The van der Waals surface area contributed by atoms with E-state index in [4.69, 9.17) is 33.3 Å². The van der Waals surface area contributed by atoms with Crippen molar-refractivity contribution in [2.75, 3.05) is 7.11 Å². The predicted octanol–water partition coefficient (Wildman–Crippen LogP) is 4.35. The Bertz CT molecular complexity index is 1010. The number of halogens is 1. The topological polar surface area (TPSA) is 75.8 Å². The van der Waals surface area contributed by atoms with Crippen LogP contribution in [0.15, 0.2) is 70.1 Å². The van der Waals surface area contributed by atoms with Crippen molar-refractivity contribution >= 4 is 41.1 Å². The van der Waals surface area contributed by atoms with Gasteiger partial charge in [0.15, 0.2) is 11.5 Å². The largest absolute Gasteiger partial charge is 0.493 e. The van der Waals surface area contributed by atoms with Gasteiger partial charge in [-0.3, -0.25) is 4.79 Å². The number of carbonyl (C=O) groups is 1. The van der Waals surface area contributed by atoms with Crippen LogP contribution in [0.1, 0.15) is 11.1 Å². The first kappa shape index (κ1) is 19.7. The van der Waals surface area contributed by atoms with Crippen molar-refractivity contribution in [1.82, 2.24) is 5.01 Å². The summed E-state index contributed by atoms with van der Waals surface area (Å²) in [6.45, 7) is 3.79. The van der Waals surface area contributed by atoms with Gasteiger partial charge in [0.2, 0.25) is 5.11 Å². The van der Waals surface area contributed by atoms with Crippen molar-refractivity contribution < 1.29 is 14.3 Å². The SMILES string of the molecule is C=C1N=NC(=S)N(/N=C/c2ccc(OCc3ccccc3Cl)c(OC)c2)C1=O. The van der Waals surface area contributed by atoms with Crippen LogP contribution in [0.4, 0.5) is 0 Å². The first-order valence-electron chi connectivity index (χ1n) is 8.07. The summed E-state index contributed by atoms with van der Waals surface area (Å²) < 4.78 is 11.2. The number of thiocarbonyl (C=S) groups is 1. The fourth-order valence-electron chi connectivity index (χ4n) is 2.28. The van der Waals surface area contributed by atoms with Gasteiger partial charge in [-0.1, -0.05) is 36.4 Å². The molecule has 1 heterocycles. The number of nitrogens with zero attached hydrogens (tertiary/aromatic N) is 4. The number of hydrogen-bond acceptors (Lipinski definition) is 6. The van der Waals surface area contributed by atoms with E-state index in [-0.39, 0.29) is 10.8 Å². The molecule has 0 aliphatic carbocycles. The van der Waals surface area contributed by atoms with Gasteiger partial charge in [-0.15, -0.1) is 10.2 Å². The highest BCUT2D eigenvalue weighted by Crippen LogP contribution is 2.29. The lowest BCUT2D eigenvalue weighted by Gasteiger charge is -2.17. The highest BCUT2D eigenvalue weighted by atomic mass is 35.5. The molecule has 1 aliphatic heterocycles. The monoisotopic (exact) mass is 414 g/mol. The summed E-state index contributed by atoms with van der Waals surface area (Å²) in [7, 11) is 1.53. The van der Waals surface area contributed by atoms with E-state index in [0.717, 1.165) is 10.6 Å². The third kappa shape index (κ3) is 4.41. The summed E-state index contributed by atoms with van der Waals surface area (Å²) in [5, 5.41) is 12.8. The second-order valence-electron chi connectivity index (χ2n) is 5.58. The van der Waals surface area contributed by atoms with Gasteiger partial charge in [0.1, 0.15) is 12.3 Å². The summed E-state index contributed by atoms with van der Waals surface area (Å²) in [6, 6.07) is 12.7. The number of methoxy groups -OCH3 is 1. The Morgan fingerprint density at radius 2 is 2.04 bits per heavy atom. The minimum Gasteiger partial charge on any atom is -0.493 e. The van der Waals surface area contributed by atoms with E-state index in [1.807, 2.05) is 18.2 Å². The minimum atomic E-state index is -0.525. The van der Waals surface area contributed by atoms with Crippen LogP contribution in [-0.4, -0.2) is 29.4 Å². The Kier molecular flexibility index (Phi) is 6.13. The molecule has 0 unspecified atom stereocenters. The third-order valence-electron chi connectivity index (χ3n) is 3.73. The van der Waals surface area contributed by atoms with Gasteiger partial charge < -0.3 is 9.47 Å². The molecule has 2 aromatic carbocycles. The van der Waals surface area contributed by atoms with Gasteiger partial charge in [-0.25, -0.2) is 0 Å². The second kappa shape index (κ2) is 8.73. The Labute approximate surface area is 171 Å². The highest BCUT2D eigenvalue weighted by Gasteiger charge is 2.24. The van der Waals surface area contributed by atoms with Crippen LogP contribution in [0.5, 0.6) is 11.5 Å². The Morgan fingerprint density at radius 3 is 2.79 bits per heavy atom. The maximum absolute atomic E-state index is 12.0. The van der Waals surface area contributed by atoms with E-state index in [1.54, 1.807) is 24.3 Å². The number of rotatable bonds is 6. The van der Waals surface area contributed by atoms with Crippen LogP contribution in [0, 0.1) is 0 Å². The van der Waals surface area contributed by atoms with Crippen LogP contribution < -0.4 is 9.47 Å². The fraction of sp³-hybridized carbons (Fsp3) is 0.105. The highest BCUT2D eigenvalue weighted by molar-refractivity contribution is 7.80. The summed E-state index contributed by atoms with van der Waals surface area (Å²) in [5.74, 6) is 0.530. The van der Waals surface area contributed by atoms with Crippen LogP contribution in [0.25, 0.3) is 0 Å². The zero-order valence-corrected chi connectivity index (χ0v) is 16.4. The van der Waals surface area contributed by atoms with E-state index >= 15 is 0 Å². The lowest BCUT2D eigenvalue weighted by molar-refractivity contribution is -0.123. The van der Waals surface area contributed by atoms with Gasteiger partial charge in [0.25, 0.3) is 0 Å². The molecule has 0 saturated carbocycles. The molecule has 0 N–H and O–H groups in total. The van der Waals surface area contributed by atoms with Gasteiger partial charge in [0, 0.05) is 10.6 Å². The maximum atomic E-state index is 12.0. The molecule has 28 heavy (non-hydrogen) atoms. The fourth-order valence-corrected chi connectivity index (χ4v) is 2.64. The molecular weight excluding hydrogens is 400 g/mol. The molecule has 0 bridgehead atoms. The lowest BCUT2D eigenvalue weighted by Crippen LogP contribution is -2.33. The summed E-state index contributed by atoms with van der Waals surface area (Å²) in [4.78, 5) is 12.0. The molecular formula is C19H15ClN4O3S. The van der Waals surface area contributed by atoms with Gasteiger partial charge in [-0.2, -0.15) is 10.1 Å². The van der Waals surface area contributed by atoms with Crippen LogP contribution in [-0.2, 0) is 11.4 Å². The second-order valence-corrected chi connectivity index (χ2v) is 6.35. The normalized spacial score (nSPS) is 14.1. The maximum Gasteiger partial charge on any atom is 0.300 e. The van der Waals surface area contributed by atoms with Gasteiger partial charge in [0.05, 0.1) is 13.3 Å². The molecule has 0 spiro atoms. The number of carbonyl (C=O) groups excluding carboxylic acids is 1. The van der Waals surface area contributed by atoms with E-state index in [9.17, 15) is 4.79 Å². The predicted molar refractivity (Wildman–Crippen MR) is 110 cm³/mol. The van der Waals surface area contributed by atoms with Crippen molar-refractivity contribution in [3.8, 4) is 11.5 Å². The zero-order valence-electron chi connectivity index (χ0n) is 14.8. The van der Waals surface area contributed by atoms with Crippen molar-refractivity contribution in [3.05, 3.63) is 70.9 Å². The molecule has 0 saturated heterocycles. The van der Waals surface area contributed by atoms with Gasteiger partial charge in [-0.05, 0) is 42.0 Å². The molecule has 9 heteroatoms. The minimum absolute atomic E-state index is 0.0355. The van der Waals surface area contributed by atoms with Gasteiger partial charge >= 0.3 is 5.91 Å². The van der Waals surface area contributed by atoms with Crippen molar-refractivity contribution in [2.45, 2.75) is 6.61 Å².